The molecule has 1 heterocycles. The van der Waals surface area contributed by atoms with Crippen LogP contribution in [0, 0.1) is 11.8 Å². The van der Waals surface area contributed by atoms with Crippen LogP contribution in [0.4, 0.5) is 0 Å². The van der Waals surface area contributed by atoms with Crippen LogP contribution in [0.3, 0.4) is 0 Å². The molecule has 2 unspecified atom stereocenters. The molecule has 1 N–H and O–H groups in total. The van der Waals surface area contributed by atoms with Crippen LogP contribution in [-0.2, 0) is 4.74 Å². The highest BCUT2D eigenvalue weighted by Crippen LogP contribution is 2.32. The van der Waals surface area contributed by atoms with Gasteiger partial charge in [0.1, 0.15) is 0 Å². The van der Waals surface area contributed by atoms with E-state index in [0.717, 1.165) is 18.9 Å². The number of hydrogen-bond donors (Lipinski definition) is 1. The van der Waals surface area contributed by atoms with E-state index in [1.165, 1.54) is 38.5 Å². The third-order valence-corrected chi connectivity index (χ3v) is 3.87. The molecule has 1 aliphatic carbocycles. The van der Waals surface area contributed by atoms with Crippen LogP contribution in [0.5, 0.6) is 0 Å². The van der Waals surface area contributed by atoms with Gasteiger partial charge >= 0.3 is 0 Å². The SMILES string of the molecule is OCC1CCOC1CC1CCCCC1. The van der Waals surface area contributed by atoms with Crippen molar-refractivity contribution in [2.45, 2.75) is 51.0 Å². The van der Waals surface area contributed by atoms with Crippen LogP contribution >= 0.6 is 0 Å². The minimum Gasteiger partial charge on any atom is -0.396 e. The molecule has 2 heteroatoms. The fourth-order valence-corrected chi connectivity index (χ4v) is 2.91. The molecule has 0 aromatic rings. The molecule has 0 amide bonds. The highest BCUT2D eigenvalue weighted by molar-refractivity contribution is 4.79. The van der Waals surface area contributed by atoms with E-state index in [4.69, 9.17) is 4.74 Å². The van der Waals surface area contributed by atoms with E-state index in [1.54, 1.807) is 0 Å². The van der Waals surface area contributed by atoms with Crippen LogP contribution in [0.2, 0.25) is 0 Å². The Labute approximate surface area is 86.6 Å². The van der Waals surface area contributed by atoms with Gasteiger partial charge in [0.25, 0.3) is 0 Å². The summed E-state index contributed by atoms with van der Waals surface area (Å²) in [6.45, 7) is 1.18. The van der Waals surface area contributed by atoms with Gasteiger partial charge in [0.15, 0.2) is 0 Å². The summed E-state index contributed by atoms with van der Waals surface area (Å²) in [5.74, 6) is 1.30. The third-order valence-electron chi connectivity index (χ3n) is 3.87. The average Bonchev–Trinajstić information content (AvgIpc) is 2.67. The van der Waals surface area contributed by atoms with Crippen LogP contribution < -0.4 is 0 Å². The molecule has 0 spiro atoms. The Balaban J connectivity index is 1.77. The molecule has 2 nitrogen and oxygen atoms in total. The second-order valence-corrected chi connectivity index (χ2v) is 4.88. The summed E-state index contributed by atoms with van der Waals surface area (Å²) < 4.78 is 5.70. The first kappa shape index (κ1) is 10.4. The van der Waals surface area contributed by atoms with Crippen molar-refractivity contribution in [3.05, 3.63) is 0 Å². The van der Waals surface area contributed by atoms with Gasteiger partial charge in [-0.15, -0.1) is 0 Å². The molecule has 2 rings (SSSR count). The smallest absolute Gasteiger partial charge is 0.0628 e. The van der Waals surface area contributed by atoms with Crippen LogP contribution in [0.25, 0.3) is 0 Å². The molecule has 0 aromatic carbocycles. The average molecular weight is 198 g/mol. The Bertz CT molecular complexity index is 164. The summed E-state index contributed by atoms with van der Waals surface area (Å²) in [4.78, 5) is 0. The van der Waals surface area contributed by atoms with Gasteiger partial charge < -0.3 is 9.84 Å². The number of ether oxygens (including phenoxy) is 1. The molecule has 0 bridgehead atoms. The Morgan fingerprint density at radius 2 is 1.86 bits per heavy atom. The topological polar surface area (TPSA) is 29.5 Å². The molecule has 1 aliphatic heterocycles. The monoisotopic (exact) mass is 198 g/mol. The van der Waals surface area contributed by atoms with Gasteiger partial charge in [0.2, 0.25) is 0 Å². The molecular formula is C12H22O2. The zero-order valence-corrected chi connectivity index (χ0v) is 8.95. The van der Waals surface area contributed by atoms with E-state index in [2.05, 4.69) is 0 Å². The standard InChI is InChI=1S/C12H22O2/c13-9-11-6-7-14-12(11)8-10-4-2-1-3-5-10/h10-13H,1-9H2. The predicted octanol–water partition coefficient (Wildman–Crippen LogP) is 2.35. The van der Waals surface area contributed by atoms with Crippen molar-refractivity contribution in [2.24, 2.45) is 11.8 Å². The Hall–Kier alpha value is -0.0800. The van der Waals surface area contributed by atoms with E-state index in [1.807, 2.05) is 0 Å². The number of aliphatic hydroxyl groups excluding tert-OH is 1. The summed E-state index contributed by atoms with van der Waals surface area (Å²) >= 11 is 0. The Morgan fingerprint density at radius 1 is 1.07 bits per heavy atom. The van der Waals surface area contributed by atoms with Crippen molar-refractivity contribution < 1.29 is 9.84 Å². The minimum atomic E-state index is 0.317. The predicted molar refractivity (Wildman–Crippen MR) is 56.1 cm³/mol. The first-order valence-electron chi connectivity index (χ1n) is 6.12. The van der Waals surface area contributed by atoms with Gasteiger partial charge in [-0.2, -0.15) is 0 Å². The van der Waals surface area contributed by atoms with Gasteiger partial charge in [0.05, 0.1) is 6.10 Å². The van der Waals surface area contributed by atoms with Crippen molar-refractivity contribution in [2.75, 3.05) is 13.2 Å². The molecule has 1 saturated carbocycles. The fraction of sp³-hybridized carbons (Fsp3) is 1.00. The van der Waals surface area contributed by atoms with E-state index < -0.39 is 0 Å². The molecule has 0 radical (unpaired) electrons. The fourth-order valence-electron chi connectivity index (χ4n) is 2.91. The van der Waals surface area contributed by atoms with E-state index in [9.17, 15) is 5.11 Å². The summed E-state index contributed by atoms with van der Waals surface area (Å²) in [6.07, 6.45) is 9.63. The van der Waals surface area contributed by atoms with Gasteiger partial charge in [-0.25, -0.2) is 0 Å². The normalized spacial score (nSPS) is 34.9. The second-order valence-electron chi connectivity index (χ2n) is 4.88. The minimum absolute atomic E-state index is 0.317. The quantitative estimate of drug-likeness (QED) is 0.754. The van der Waals surface area contributed by atoms with Crippen molar-refractivity contribution in [3.8, 4) is 0 Å². The first-order valence-corrected chi connectivity index (χ1v) is 6.12. The molecule has 2 aliphatic rings. The van der Waals surface area contributed by atoms with Crippen LogP contribution in [0.1, 0.15) is 44.9 Å². The lowest BCUT2D eigenvalue weighted by molar-refractivity contribution is 0.0480. The largest absolute Gasteiger partial charge is 0.396 e. The summed E-state index contributed by atoms with van der Waals surface area (Å²) in [6, 6.07) is 0. The van der Waals surface area contributed by atoms with E-state index in [0.29, 0.717) is 18.6 Å². The lowest BCUT2D eigenvalue weighted by Gasteiger charge is -2.26. The molecule has 1 saturated heterocycles. The molecule has 2 atom stereocenters. The Morgan fingerprint density at radius 3 is 2.57 bits per heavy atom. The maximum atomic E-state index is 9.19. The molecule has 82 valence electrons. The van der Waals surface area contributed by atoms with Crippen molar-refractivity contribution in [1.82, 2.24) is 0 Å². The van der Waals surface area contributed by atoms with Gasteiger partial charge in [-0.05, 0) is 18.8 Å². The Kier molecular flexibility index (Phi) is 3.82. The number of rotatable bonds is 3. The zero-order chi connectivity index (χ0) is 9.80. The third kappa shape index (κ3) is 2.48. The first-order chi connectivity index (χ1) is 6.90. The summed E-state index contributed by atoms with van der Waals surface area (Å²) in [5.41, 5.74) is 0. The van der Waals surface area contributed by atoms with Gasteiger partial charge in [0, 0.05) is 19.1 Å². The van der Waals surface area contributed by atoms with E-state index >= 15 is 0 Å². The number of aliphatic hydroxyl groups is 1. The van der Waals surface area contributed by atoms with Crippen molar-refractivity contribution >= 4 is 0 Å². The lowest BCUT2D eigenvalue weighted by atomic mass is 9.83. The summed E-state index contributed by atoms with van der Waals surface area (Å²) in [5, 5.41) is 9.19. The van der Waals surface area contributed by atoms with Gasteiger partial charge in [-0.1, -0.05) is 32.1 Å². The number of hydrogen-bond acceptors (Lipinski definition) is 2. The van der Waals surface area contributed by atoms with Crippen LogP contribution in [0.15, 0.2) is 0 Å². The highest BCUT2D eigenvalue weighted by atomic mass is 16.5. The molecular weight excluding hydrogens is 176 g/mol. The molecule has 2 fully saturated rings. The molecule has 14 heavy (non-hydrogen) atoms. The summed E-state index contributed by atoms with van der Waals surface area (Å²) in [7, 11) is 0. The maximum Gasteiger partial charge on any atom is 0.0628 e. The lowest BCUT2D eigenvalue weighted by Crippen LogP contribution is -2.23. The van der Waals surface area contributed by atoms with E-state index in [-0.39, 0.29) is 0 Å². The van der Waals surface area contributed by atoms with Gasteiger partial charge in [-0.3, -0.25) is 0 Å². The maximum absolute atomic E-state index is 9.19. The van der Waals surface area contributed by atoms with Crippen LogP contribution in [-0.4, -0.2) is 24.4 Å². The van der Waals surface area contributed by atoms with Crippen molar-refractivity contribution in [3.63, 3.8) is 0 Å². The zero-order valence-electron chi connectivity index (χ0n) is 8.95. The molecule has 0 aromatic heterocycles. The van der Waals surface area contributed by atoms with Crippen molar-refractivity contribution in [1.29, 1.82) is 0 Å². The second kappa shape index (κ2) is 5.13. The highest BCUT2D eigenvalue weighted by Gasteiger charge is 2.30.